The number of thioether (sulfide) groups is 1. The van der Waals surface area contributed by atoms with E-state index in [0.717, 1.165) is 5.01 Å². The summed E-state index contributed by atoms with van der Waals surface area (Å²) in [7, 11) is 0. The van der Waals surface area contributed by atoms with Crippen LogP contribution in [0.2, 0.25) is 0 Å². The summed E-state index contributed by atoms with van der Waals surface area (Å²) in [5.74, 6) is -0.387. The summed E-state index contributed by atoms with van der Waals surface area (Å²) in [6, 6.07) is -1.48. The number of anilines is 1. The zero-order chi connectivity index (χ0) is 13.5. The van der Waals surface area contributed by atoms with Gasteiger partial charge in [-0.3, -0.25) is 5.32 Å². The van der Waals surface area contributed by atoms with Gasteiger partial charge in [-0.25, -0.2) is 9.59 Å². The summed E-state index contributed by atoms with van der Waals surface area (Å²) in [5, 5.41) is 22.3. The minimum Gasteiger partial charge on any atom is -0.480 e. The van der Waals surface area contributed by atoms with Crippen LogP contribution in [0.25, 0.3) is 0 Å². The van der Waals surface area contributed by atoms with Crippen molar-refractivity contribution in [3.63, 3.8) is 0 Å². The van der Waals surface area contributed by atoms with Gasteiger partial charge in [0, 0.05) is 0 Å². The van der Waals surface area contributed by atoms with E-state index in [2.05, 4.69) is 20.8 Å². The highest BCUT2D eigenvalue weighted by Gasteiger charge is 2.19. The number of hydrogen-bond acceptors (Lipinski definition) is 6. The summed E-state index contributed by atoms with van der Waals surface area (Å²) in [6.45, 7) is 1.76. The predicted molar refractivity (Wildman–Crippen MR) is 71.2 cm³/mol. The van der Waals surface area contributed by atoms with E-state index in [0.29, 0.717) is 17.3 Å². The van der Waals surface area contributed by atoms with Gasteiger partial charge in [-0.15, -0.1) is 10.2 Å². The Morgan fingerprint density at radius 1 is 1.50 bits per heavy atom. The molecule has 100 valence electrons. The Hall–Kier alpha value is -1.35. The molecule has 1 aromatic heterocycles. The van der Waals surface area contributed by atoms with E-state index in [-0.39, 0.29) is 0 Å². The third-order valence-corrected chi connectivity index (χ3v) is 3.36. The van der Waals surface area contributed by atoms with Crippen molar-refractivity contribution in [3.8, 4) is 0 Å². The van der Waals surface area contributed by atoms with Crippen molar-refractivity contribution in [2.45, 2.75) is 19.4 Å². The van der Waals surface area contributed by atoms with Crippen molar-refractivity contribution in [2.75, 3.05) is 17.3 Å². The Kier molecular flexibility index (Phi) is 5.86. The zero-order valence-corrected chi connectivity index (χ0v) is 11.6. The van der Waals surface area contributed by atoms with Gasteiger partial charge < -0.3 is 10.4 Å². The molecule has 1 heterocycles. The normalized spacial score (nSPS) is 11.9. The highest BCUT2D eigenvalue weighted by Crippen LogP contribution is 2.13. The maximum atomic E-state index is 11.5. The fraction of sp³-hybridized carbons (Fsp3) is 0.556. The SMILES string of the molecule is CSCCC(NC(=O)Nc1nnc(C)s1)C(=O)O. The number of rotatable bonds is 6. The molecular weight excluding hydrogens is 276 g/mol. The quantitative estimate of drug-likeness (QED) is 0.726. The number of carbonyl (C=O) groups excluding carboxylic acids is 1. The Bertz CT molecular complexity index is 424. The maximum absolute atomic E-state index is 11.5. The third kappa shape index (κ3) is 4.88. The van der Waals surface area contributed by atoms with Crippen LogP contribution in [-0.4, -0.2) is 45.4 Å². The molecule has 3 N–H and O–H groups in total. The first kappa shape index (κ1) is 14.7. The molecule has 1 unspecified atom stereocenters. The van der Waals surface area contributed by atoms with E-state index in [1.807, 2.05) is 6.26 Å². The number of carboxylic acid groups (broad SMARTS) is 1. The largest absolute Gasteiger partial charge is 0.480 e. The molecule has 0 aromatic carbocycles. The third-order valence-electron chi connectivity index (χ3n) is 1.96. The summed E-state index contributed by atoms with van der Waals surface area (Å²) >= 11 is 2.75. The number of urea groups is 1. The first-order valence-electron chi connectivity index (χ1n) is 5.12. The second-order valence-electron chi connectivity index (χ2n) is 3.40. The first-order valence-corrected chi connectivity index (χ1v) is 7.33. The Labute approximate surface area is 112 Å². The second-order valence-corrected chi connectivity index (χ2v) is 5.56. The molecule has 9 heteroatoms. The van der Waals surface area contributed by atoms with E-state index in [4.69, 9.17) is 5.11 Å². The van der Waals surface area contributed by atoms with Crippen molar-refractivity contribution < 1.29 is 14.7 Å². The summed E-state index contributed by atoms with van der Waals surface area (Å²) in [4.78, 5) is 22.5. The molecule has 2 amide bonds. The van der Waals surface area contributed by atoms with Crippen LogP contribution in [0.5, 0.6) is 0 Å². The summed E-state index contributed by atoms with van der Waals surface area (Å²) in [6.07, 6.45) is 2.25. The Morgan fingerprint density at radius 3 is 2.72 bits per heavy atom. The van der Waals surface area contributed by atoms with E-state index in [1.165, 1.54) is 23.1 Å². The summed E-state index contributed by atoms with van der Waals surface area (Å²) < 4.78 is 0. The second kappa shape index (κ2) is 7.17. The van der Waals surface area contributed by atoms with Crippen molar-refractivity contribution >= 4 is 40.2 Å². The van der Waals surface area contributed by atoms with Gasteiger partial charge in [-0.2, -0.15) is 11.8 Å². The lowest BCUT2D eigenvalue weighted by Gasteiger charge is -2.13. The lowest BCUT2D eigenvalue weighted by atomic mass is 10.2. The van der Waals surface area contributed by atoms with Crippen LogP contribution in [0.1, 0.15) is 11.4 Å². The average molecular weight is 290 g/mol. The molecule has 0 spiro atoms. The van der Waals surface area contributed by atoms with Crippen molar-refractivity contribution in [3.05, 3.63) is 5.01 Å². The standard InChI is InChI=1S/C9H14N4O3S2/c1-5-12-13-9(18-5)11-8(16)10-6(7(14)15)3-4-17-2/h6H,3-4H2,1-2H3,(H,14,15)(H2,10,11,13,16). The molecular formula is C9H14N4O3S2. The first-order chi connectivity index (χ1) is 8.52. The summed E-state index contributed by atoms with van der Waals surface area (Å²) in [5.41, 5.74) is 0. The molecule has 0 aliphatic heterocycles. The molecule has 7 nitrogen and oxygen atoms in total. The number of nitrogens with zero attached hydrogens (tertiary/aromatic N) is 2. The molecule has 1 aromatic rings. The number of amides is 2. The molecule has 0 saturated carbocycles. The van der Waals surface area contributed by atoms with Crippen LogP contribution in [-0.2, 0) is 4.79 Å². The van der Waals surface area contributed by atoms with Gasteiger partial charge in [0.05, 0.1) is 0 Å². The highest BCUT2D eigenvalue weighted by molar-refractivity contribution is 7.98. The van der Waals surface area contributed by atoms with Gasteiger partial charge >= 0.3 is 12.0 Å². The van der Waals surface area contributed by atoms with Gasteiger partial charge in [0.15, 0.2) is 0 Å². The zero-order valence-electron chi connectivity index (χ0n) is 9.97. The molecule has 0 radical (unpaired) electrons. The van der Waals surface area contributed by atoms with E-state index in [9.17, 15) is 9.59 Å². The van der Waals surface area contributed by atoms with E-state index < -0.39 is 18.0 Å². The Balaban J connectivity index is 2.48. The van der Waals surface area contributed by atoms with Crippen molar-refractivity contribution in [1.82, 2.24) is 15.5 Å². The predicted octanol–water partition coefficient (Wildman–Crippen LogP) is 1.17. The lowest BCUT2D eigenvalue weighted by molar-refractivity contribution is -0.139. The van der Waals surface area contributed by atoms with Gasteiger partial charge in [0.1, 0.15) is 11.0 Å². The number of carboxylic acids is 1. The minimum absolute atomic E-state index is 0.346. The fourth-order valence-electron chi connectivity index (χ4n) is 1.13. The van der Waals surface area contributed by atoms with E-state index >= 15 is 0 Å². The lowest BCUT2D eigenvalue weighted by Crippen LogP contribution is -2.43. The van der Waals surface area contributed by atoms with Gasteiger partial charge in [-0.05, 0) is 25.4 Å². The van der Waals surface area contributed by atoms with Crippen LogP contribution in [0.4, 0.5) is 9.93 Å². The number of carbonyl (C=O) groups is 2. The smallest absolute Gasteiger partial charge is 0.326 e. The number of aromatic nitrogens is 2. The molecule has 1 atom stereocenters. The van der Waals surface area contributed by atoms with Crippen molar-refractivity contribution in [2.24, 2.45) is 0 Å². The average Bonchev–Trinajstić information content (AvgIpc) is 2.69. The van der Waals surface area contributed by atoms with Crippen LogP contribution in [0, 0.1) is 6.92 Å². The van der Waals surface area contributed by atoms with Gasteiger partial charge in [0.25, 0.3) is 0 Å². The van der Waals surface area contributed by atoms with Crippen LogP contribution in [0.15, 0.2) is 0 Å². The fourth-order valence-corrected chi connectivity index (χ4v) is 2.19. The molecule has 0 saturated heterocycles. The van der Waals surface area contributed by atoms with E-state index in [1.54, 1.807) is 6.92 Å². The number of aliphatic carboxylic acids is 1. The molecule has 0 aliphatic carbocycles. The molecule has 1 rings (SSSR count). The number of aryl methyl sites for hydroxylation is 1. The number of nitrogens with one attached hydrogen (secondary N) is 2. The topological polar surface area (TPSA) is 104 Å². The van der Waals surface area contributed by atoms with Gasteiger partial charge in [0.2, 0.25) is 5.13 Å². The molecule has 0 aliphatic rings. The highest BCUT2D eigenvalue weighted by atomic mass is 32.2. The van der Waals surface area contributed by atoms with Crippen LogP contribution >= 0.6 is 23.1 Å². The minimum atomic E-state index is -1.05. The van der Waals surface area contributed by atoms with Gasteiger partial charge in [-0.1, -0.05) is 11.3 Å². The van der Waals surface area contributed by atoms with Crippen molar-refractivity contribution in [1.29, 1.82) is 0 Å². The Morgan fingerprint density at radius 2 is 2.22 bits per heavy atom. The maximum Gasteiger partial charge on any atom is 0.326 e. The number of hydrogen-bond donors (Lipinski definition) is 3. The van der Waals surface area contributed by atoms with Crippen LogP contribution in [0.3, 0.4) is 0 Å². The molecule has 0 bridgehead atoms. The molecule has 18 heavy (non-hydrogen) atoms. The molecule has 0 fully saturated rings. The van der Waals surface area contributed by atoms with Crippen LogP contribution < -0.4 is 10.6 Å². The monoisotopic (exact) mass is 290 g/mol.